The van der Waals surface area contributed by atoms with Crippen LogP contribution in [0.25, 0.3) is 0 Å². The minimum absolute atomic E-state index is 0.291. The van der Waals surface area contributed by atoms with Gasteiger partial charge in [-0.05, 0) is 26.1 Å². The molecule has 2 aromatic rings. The molecule has 0 aliphatic carbocycles. The summed E-state index contributed by atoms with van der Waals surface area (Å²) in [6.45, 7) is 6.90. The lowest BCUT2D eigenvalue weighted by Crippen LogP contribution is -2.20. The van der Waals surface area contributed by atoms with E-state index in [0.717, 1.165) is 31.1 Å². The molecule has 7 heteroatoms. The number of nitrogens with zero attached hydrogens (tertiary/aromatic N) is 5. The number of hydrogen-bond acceptors (Lipinski definition) is 6. The number of rotatable bonds is 9. The topological polar surface area (TPSA) is 60.0 Å². The monoisotopic (exact) mass is 309 g/mol. The first kappa shape index (κ1) is 16.0. The van der Waals surface area contributed by atoms with Gasteiger partial charge < -0.3 is 9.09 Å². The van der Waals surface area contributed by atoms with Gasteiger partial charge in [0.2, 0.25) is 5.89 Å². The van der Waals surface area contributed by atoms with Gasteiger partial charge in [0.1, 0.15) is 0 Å². The Bertz CT molecular complexity index is 513. The second-order valence-corrected chi connectivity index (χ2v) is 6.65. The third-order valence-electron chi connectivity index (χ3n) is 3.18. The molecule has 2 heterocycles. The maximum Gasteiger partial charge on any atom is 0.240 e. The Kier molecular flexibility index (Phi) is 6.25. The molecule has 0 saturated carbocycles. The van der Waals surface area contributed by atoms with Crippen molar-refractivity contribution >= 4 is 11.8 Å². The van der Waals surface area contributed by atoms with Gasteiger partial charge in [-0.1, -0.05) is 12.1 Å². The van der Waals surface area contributed by atoms with E-state index in [4.69, 9.17) is 4.52 Å². The zero-order chi connectivity index (χ0) is 15.1. The highest BCUT2D eigenvalue weighted by Gasteiger charge is 2.14. The fourth-order valence-corrected chi connectivity index (χ4v) is 2.82. The SMILES string of the molecule is CCSC(C)c1noc(CN(C)CCCn2ccnc2)n1. The average Bonchev–Trinajstić information content (AvgIpc) is 3.10. The fraction of sp³-hybridized carbons (Fsp3) is 0.643. The summed E-state index contributed by atoms with van der Waals surface area (Å²) >= 11 is 1.82. The van der Waals surface area contributed by atoms with E-state index < -0.39 is 0 Å². The van der Waals surface area contributed by atoms with E-state index in [0.29, 0.717) is 17.7 Å². The molecule has 0 bridgehead atoms. The van der Waals surface area contributed by atoms with Crippen LogP contribution in [0.2, 0.25) is 0 Å². The highest BCUT2D eigenvalue weighted by Crippen LogP contribution is 2.25. The molecule has 6 nitrogen and oxygen atoms in total. The second kappa shape index (κ2) is 8.19. The average molecular weight is 309 g/mol. The number of aromatic nitrogens is 4. The molecule has 1 atom stereocenters. The van der Waals surface area contributed by atoms with Crippen LogP contribution in [0.5, 0.6) is 0 Å². The molecule has 0 spiro atoms. The lowest BCUT2D eigenvalue weighted by atomic mass is 10.4. The molecule has 2 rings (SSSR count). The van der Waals surface area contributed by atoms with Crippen LogP contribution in [0.15, 0.2) is 23.2 Å². The molecule has 0 saturated heterocycles. The van der Waals surface area contributed by atoms with Crippen LogP contribution in [0.3, 0.4) is 0 Å². The van der Waals surface area contributed by atoms with Crippen molar-refractivity contribution in [2.45, 2.75) is 38.6 Å². The maximum absolute atomic E-state index is 5.32. The van der Waals surface area contributed by atoms with Gasteiger partial charge >= 0.3 is 0 Å². The minimum atomic E-state index is 0.291. The smallest absolute Gasteiger partial charge is 0.240 e. The quantitative estimate of drug-likeness (QED) is 0.709. The molecule has 0 aliphatic heterocycles. The van der Waals surface area contributed by atoms with Gasteiger partial charge in [0.05, 0.1) is 18.1 Å². The summed E-state index contributed by atoms with van der Waals surface area (Å²) < 4.78 is 7.41. The Morgan fingerprint density at radius 2 is 2.33 bits per heavy atom. The van der Waals surface area contributed by atoms with Crippen LogP contribution in [0, 0.1) is 0 Å². The Hall–Kier alpha value is -1.34. The zero-order valence-electron chi connectivity index (χ0n) is 12.9. The molecule has 0 radical (unpaired) electrons. The predicted molar refractivity (Wildman–Crippen MR) is 84.0 cm³/mol. The number of thioether (sulfide) groups is 1. The van der Waals surface area contributed by atoms with Crippen LogP contribution < -0.4 is 0 Å². The Labute approximate surface area is 129 Å². The predicted octanol–water partition coefficient (Wildman–Crippen LogP) is 2.60. The van der Waals surface area contributed by atoms with Gasteiger partial charge in [0.15, 0.2) is 5.82 Å². The van der Waals surface area contributed by atoms with E-state index in [1.54, 1.807) is 6.20 Å². The van der Waals surface area contributed by atoms with Gasteiger partial charge in [-0.25, -0.2) is 4.98 Å². The molecule has 0 N–H and O–H groups in total. The van der Waals surface area contributed by atoms with Crippen LogP contribution >= 0.6 is 11.8 Å². The van der Waals surface area contributed by atoms with E-state index in [2.05, 4.69) is 45.5 Å². The lowest BCUT2D eigenvalue weighted by molar-refractivity contribution is 0.260. The van der Waals surface area contributed by atoms with E-state index in [9.17, 15) is 0 Å². The summed E-state index contributed by atoms with van der Waals surface area (Å²) in [6.07, 6.45) is 6.70. The zero-order valence-corrected chi connectivity index (χ0v) is 13.7. The molecule has 0 aromatic carbocycles. The van der Waals surface area contributed by atoms with Crippen LogP contribution in [-0.4, -0.2) is 43.9 Å². The molecule has 116 valence electrons. The standard InChI is InChI=1S/C14H23N5OS/c1-4-21-12(2)14-16-13(20-17-14)10-18(3)7-5-8-19-9-6-15-11-19/h6,9,11-12H,4-5,7-8,10H2,1-3H3. The van der Waals surface area contributed by atoms with Crippen molar-refractivity contribution in [3.8, 4) is 0 Å². The normalized spacial score (nSPS) is 13.0. The summed E-state index contributed by atoms with van der Waals surface area (Å²) in [5.74, 6) is 2.54. The van der Waals surface area contributed by atoms with Crippen molar-refractivity contribution in [2.75, 3.05) is 19.3 Å². The first-order valence-corrected chi connectivity index (χ1v) is 8.32. The molecule has 1 unspecified atom stereocenters. The van der Waals surface area contributed by atoms with Crippen molar-refractivity contribution in [3.05, 3.63) is 30.4 Å². The lowest BCUT2D eigenvalue weighted by Gasteiger charge is -2.13. The summed E-state index contributed by atoms with van der Waals surface area (Å²) in [4.78, 5) is 10.7. The van der Waals surface area contributed by atoms with Crippen molar-refractivity contribution < 1.29 is 4.52 Å². The molecule has 21 heavy (non-hydrogen) atoms. The molecule has 0 amide bonds. The third-order valence-corrected chi connectivity index (χ3v) is 4.23. The molecular weight excluding hydrogens is 286 g/mol. The highest BCUT2D eigenvalue weighted by molar-refractivity contribution is 7.99. The van der Waals surface area contributed by atoms with Gasteiger partial charge in [0.25, 0.3) is 0 Å². The molecule has 0 fully saturated rings. The van der Waals surface area contributed by atoms with Gasteiger partial charge in [0, 0.05) is 25.5 Å². The Morgan fingerprint density at radius 1 is 1.48 bits per heavy atom. The van der Waals surface area contributed by atoms with E-state index in [-0.39, 0.29) is 0 Å². The van der Waals surface area contributed by atoms with E-state index in [1.807, 2.05) is 24.3 Å². The van der Waals surface area contributed by atoms with E-state index >= 15 is 0 Å². The van der Waals surface area contributed by atoms with Gasteiger partial charge in [-0.3, -0.25) is 4.90 Å². The van der Waals surface area contributed by atoms with Gasteiger partial charge in [-0.15, -0.1) is 0 Å². The van der Waals surface area contributed by atoms with Crippen molar-refractivity contribution in [1.29, 1.82) is 0 Å². The molecule has 2 aromatic heterocycles. The van der Waals surface area contributed by atoms with Gasteiger partial charge in [-0.2, -0.15) is 16.7 Å². The van der Waals surface area contributed by atoms with Crippen molar-refractivity contribution in [2.24, 2.45) is 0 Å². The number of hydrogen-bond donors (Lipinski definition) is 0. The minimum Gasteiger partial charge on any atom is -0.338 e. The summed E-state index contributed by atoms with van der Waals surface area (Å²) in [5, 5.41) is 4.35. The summed E-state index contributed by atoms with van der Waals surface area (Å²) in [5.41, 5.74) is 0. The fourth-order valence-electron chi connectivity index (χ4n) is 2.07. The number of imidazole rings is 1. The largest absolute Gasteiger partial charge is 0.338 e. The Morgan fingerprint density at radius 3 is 3.05 bits per heavy atom. The second-order valence-electron chi connectivity index (χ2n) is 5.04. The Balaban J connectivity index is 1.73. The van der Waals surface area contributed by atoms with Crippen molar-refractivity contribution in [1.82, 2.24) is 24.6 Å². The number of aryl methyl sites for hydroxylation is 1. The molecule has 0 aliphatic rings. The highest BCUT2D eigenvalue weighted by atomic mass is 32.2. The third kappa shape index (κ3) is 5.17. The van der Waals surface area contributed by atoms with Crippen LogP contribution in [0.1, 0.15) is 37.2 Å². The van der Waals surface area contributed by atoms with E-state index in [1.165, 1.54) is 0 Å². The van der Waals surface area contributed by atoms with Crippen molar-refractivity contribution in [3.63, 3.8) is 0 Å². The summed E-state index contributed by atoms with van der Waals surface area (Å²) in [6, 6.07) is 0. The molecular formula is C14H23N5OS. The van der Waals surface area contributed by atoms with Crippen LogP contribution in [0.4, 0.5) is 0 Å². The van der Waals surface area contributed by atoms with Crippen LogP contribution in [-0.2, 0) is 13.1 Å². The summed E-state index contributed by atoms with van der Waals surface area (Å²) in [7, 11) is 2.07. The first-order chi connectivity index (χ1) is 10.2. The first-order valence-electron chi connectivity index (χ1n) is 7.27. The maximum atomic E-state index is 5.32.